The number of carbonyl (C=O) groups is 1. The van der Waals surface area contributed by atoms with Gasteiger partial charge in [0.2, 0.25) is 0 Å². The molecule has 0 aliphatic carbocycles. The van der Waals surface area contributed by atoms with E-state index in [1.807, 2.05) is 19.1 Å². The molecule has 1 amide bonds. The fourth-order valence-electron chi connectivity index (χ4n) is 3.03. The number of hydrogen-bond acceptors (Lipinski definition) is 5. The van der Waals surface area contributed by atoms with Crippen LogP contribution in [0.25, 0.3) is 6.08 Å². The van der Waals surface area contributed by atoms with Crippen LogP contribution in [0.15, 0.2) is 64.6 Å². The molecule has 3 rings (SSSR count). The van der Waals surface area contributed by atoms with Crippen LogP contribution in [-0.2, 0) is 11.4 Å². The maximum atomic E-state index is 12.7. The van der Waals surface area contributed by atoms with Crippen molar-refractivity contribution in [1.82, 2.24) is 0 Å². The second-order valence-corrected chi connectivity index (χ2v) is 8.81. The Morgan fingerprint density at radius 2 is 1.80 bits per heavy atom. The Hall–Kier alpha value is -3.18. The summed E-state index contributed by atoms with van der Waals surface area (Å²) in [6.07, 6.45) is 1.47. The van der Waals surface area contributed by atoms with E-state index < -0.39 is 5.91 Å². The Kier molecular flexibility index (Phi) is 9.44. The molecule has 0 bridgehead atoms. The first-order valence-corrected chi connectivity index (χ1v) is 12.0. The average Bonchev–Trinajstić information content (AvgIpc) is 2.85. The maximum Gasteiger partial charge on any atom is 0.266 e. The van der Waals surface area contributed by atoms with Crippen molar-refractivity contribution in [2.45, 2.75) is 13.5 Å². The van der Waals surface area contributed by atoms with Gasteiger partial charge in [-0.25, -0.2) is 0 Å². The van der Waals surface area contributed by atoms with Crippen LogP contribution in [0.2, 0.25) is 10.0 Å². The van der Waals surface area contributed by atoms with Crippen molar-refractivity contribution in [3.63, 3.8) is 0 Å². The molecule has 0 fully saturated rings. The highest BCUT2D eigenvalue weighted by molar-refractivity contribution is 9.10. The van der Waals surface area contributed by atoms with E-state index in [9.17, 15) is 10.1 Å². The molecule has 0 spiro atoms. The van der Waals surface area contributed by atoms with Crippen molar-refractivity contribution in [2.75, 3.05) is 19.0 Å². The quantitative estimate of drug-likeness (QED) is 0.214. The zero-order chi connectivity index (χ0) is 25.4. The molecule has 180 valence electrons. The number of carbonyl (C=O) groups excluding carboxylic acids is 1. The first kappa shape index (κ1) is 26.4. The van der Waals surface area contributed by atoms with Gasteiger partial charge in [0.05, 0.1) is 23.8 Å². The van der Waals surface area contributed by atoms with Gasteiger partial charge in [0.15, 0.2) is 11.5 Å². The molecule has 0 unspecified atom stereocenters. The topological polar surface area (TPSA) is 80.6 Å². The van der Waals surface area contributed by atoms with Crippen LogP contribution in [0, 0.1) is 11.3 Å². The van der Waals surface area contributed by atoms with Gasteiger partial charge in [-0.3, -0.25) is 4.79 Å². The summed E-state index contributed by atoms with van der Waals surface area (Å²) < 4.78 is 17.4. The molecule has 0 saturated carbocycles. The summed E-state index contributed by atoms with van der Waals surface area (Å²) in [6, 6.07) is 17.5. The number of amides is 1. The SMILES string of the molecule is CCOc1ccc(NC(=O)/C(C#N)=C\c2cc(OC)c(OCc3ccc(Cl)c(Cl)c3)cc2Br)cc1. The van der Waals surface area contributed by atoms with Crippen LogP contribution in [0.3, 0.4) is 0 Å². The highest BCUT2D eigenvalue weighted by atomic mass is 79.9. The molecule has 0 saturated heterocycles. The molecule has 6 nitrogen and oxygen atoms in total. The fraction of sp³-hybridized carbons (Fsp3) is 0.154. The molecule has 0 atom stereocenters. The number of nitrogens with zero attached hydrogens (tertiary/aromatic N) is 1. The van der Waals surface area contributed by atoms with Gasteiger partial charge in [-0.1, -0.05) is 45.2 Å². The summed E-state index contributed by atoms with van der Waals surface area (Å²) >= 11 is 15.5. The van der Waals surface area contributed by atoms with Crippen LogP contribution in [-0.4, -0.2) is 19.6 Å². The number of nitrogens with one attached hydrogen (secondary N) is 1. The second kappa shape index (κ2) is 12.5. The first-order chi connectivity index (χ1) is 16.8. The summed E-state index contributed by atoms with van der Waals surface area (Å²) in [5.74, 6) is 1.06. The molecular formula is C26H21BrCl2N2O4. The standard InChI is InChI=1S/C26H21BrCl2N2O4/c1-3-34-20-7-5-19(6-8-20)31-26(32)18(14-30)11-17-12-24(33-2)25(13-21(17)27)35-15-16-4-9-22(28)23(29)10-16/h4-13H,3,15H2,1-2H3,(H,31,32)/b18-11-. The Labute approximate surface area is 222 Å². The van der Waals surface area contributed by atoms with Crippen LogP contribution in [0.1, 0.15) is 18.1 Å². The first-order valence-electron chi connectivity index (χ1n) is 10.4. The van der Waals surface area contributed by atoms with Gasteiger partial charge in [0.25, 0.3) is 5.91 Å². The lowest BCUT2D eigenvalue weighted by Gasteiger charge is -2.13. The molecular weight excluding hydrogens is 555 g/mol. The Bertz CT molecular complexity index is 1290. The summed E-state index contributed by atoms with van der Waals surface area (Å²) in [4.78, 5) is 12.7. The molecule has 0 aromatic heterocycles. The van der Waals surface area contributed by atoms with Gasteiger partial charge in [0.1, 0.15) is 24.0 Å². The summed E-state index contributed by atoms with van der Waals surface area (Å²) in [5.41, 5.74) is 1.87. The normalized spacial score (nSPS) is 10.9. The smallest absolute Gasteiger partial charge is 0.266 e. The van der Waals surface area contributed by atoms with Crippen molar-refractivity contribution in [2.24, 2.45) is 0 Å². The molecule has 9 heteroatoms. The number of anilines is 1. The average molecular weight is 576 g/mol. The minimum atomic E-state index is -0.539. The summed E-state index contributed by atoms with van der Waals surface area (Å²) in [5, 5.41) is 13.2. The van der Waals surface area contributed by atoms with Crippen molar-refractivity contribution >= 4 is 56.8 Å². The number of nitriles is 1. The minimum Gasteiger partial charge on any atom is -0.494 e. The highest BCUT2D eigenvalue weighted by Gasteiger charge is 2.14. The van der Waals surface area contributed by atoms with Crippen LogP contribution < -0.4 is 19.5 Å². The highest BCUT2D eigenvalue weighted by Crippen LogP contribution is 2.35. The lowest BCUT2D eigenvalue weighted by atomic mass is 10.1. The van der Waals surface area contributed by atoms with Crippen LogP contribution in [0.4, 0.5) is 5.69 Å². The maximum absolute atomic E-state index is 12.7. The van der Waals surface area contributed by atoms with E-state index in [1.165, 1.54) is 13.2 Å². The Morgan fingerprint density at radius 3 is 2.43 bits per heavy atom. The molecule has 0 heterocycles. The third-order valence-corrected chi connectivity index (χ3v) is 6.18. The Morgan fingerprint density at radius 1 is 1.06 bits per heavy atom. The van der Waals surface area contributed by atoms with E-state index in [4.69, 9.17) is 37.4 Å². The van der Waals surface area contributed by atoms with Gasteiger partial charge in [-0.05, 0) is 72.7 Å². The van der Waals surface area contributed by atoms with Gasteiger partial charge in [0, 0.05) is 10.2 Å². The summed E-state index contributed by atoms with van der Waals surface area (Å²) in [7, 11) is 1.51. The van der Waals surface area contributed by atoms with E-state index in [2.05, 4.69) is 21.2 Å². The molecule has 1 N–H and O–H groups in total. The third-order valence-electron chi connectivity index (χ3n) is 4.75. The van der Waals surface area contributed by atoms with Gasteiger partial charge >= 0.3 is 0 Å². The number of hydrogen-bond donors (Lipinski definition) is 1. The van der Waals surface area contributed by atoms with Crippen LogP contribution >= 0.6 is 39.1 Å². The number of ether oxygens (including phenoxy) is 3. The van der Waals surface area contributed by atoms with Crippen molar-refractivity contribution < 1.29 is 19.0 Å². The number of methoxy groups -OCH3 is 1. The van der Waals surface area contributed by atoms with Crippen molar-refractivity contribution in [3.05, 3.63) is 85.8 Å². The lowest BCUT2D eigenvalue weighted by Crippen LogP contribution is -2.13. The van der Waals surface area contributed by atoms with Crippen LogP contribution in [0.5, 0.6) is 17.2 Å². The van der Waals surface area contributed by atoms with Gasteiger partial charge in [-0.2, -0.15) is 5.26 Å². The predicted octanol–water partition coefficient (Wildman–Crippen LogP) is 7.29. The largest absolute Gasteiger partial charge is 0.494 e. The number of halogens is 3. The number of rotatable bonds is 9. The zero-order valence-corrected chi connectivity index (χ0v) is 22.0. The Balaban J connectivity index is 1.78. The molecule has 0 radical (unpaired) electrons. The monoisotopic (exact) mass is 574 g/mol. The molecule has 0 aliphatic rings. The third kappa shape index (κ3) is 7.15. The van der Waals surface area contributed by atoms with E-state index in [0.717, 1.165) is 5.56 Å². The van der Waals surface area contributed by atoms with Crippen molar-refractivity contribution in [3.8, 4) is 23.3 Å². The molecule has 0 aliphatic heterocycles. The number of benzene rings is 3. The second-order valence-electron chi connectivity index (χ2n) is 7.14. The van der Waals surface area contributed by atoms with E-state index in [1.54, 1.807) is 48.5 Å². The van der Waals surface area contributed by atoms with E-state index in [0.29, 0.717) is 49.6 Å². The lowest BCUT2D eigenvalue weighted by molar-refractivity contribution is -0.112. The summed E-state index contributed by atoms with van der Waals surface area (Å²) in [6.45, 7) is 2.68. The minimum absolute atomic E-state index is 0.0777. The van der Waals surface area contributed by atoms with Crippen molar-refractivity contribution in [1.29, 1.82) is 5.26 Å². The molecule has 35 heavy (non-hydrogen) atoms. The van der Waals surface area contributed by atoms with Gasteiger partial charge in [-0.15, -0.1) is 0 Å². The van der Waals surface area contributed by atoms with E-state index >= 15 is 0 Å². The fourth-order valence-corrected chi connectivity index (χ4v) is 3.79. The zero-order valence-electron chi connectivity index (χ0n) is 18.9. The van der Waals surface area contributed by atoms with E-state index in [-0.39, 0.29) is 12.2 Å². The molecule has 3 aromatic rings. The predicted molar refractivity (Wildman–Crippen MR) is 141 cm³/mol. The van der Waals surface area contributed by atoms with Gasteiger partial charge < -0.3 is 19.5 Å². The molecule has 3 aromatic carbocycles.